The largest absolute Gasteiger partial charge is 0.486 e. The van der Waals surface area contributed by atoms with Crippen LogP contribution in [0.1, 0.15) is 52.4 Å². The molecule has 0 atom stereocenters. The van der Waals surface area contributed by atoms with Crippen LogP contribution >= 0.6 is 23.2 Å². The first-order chi connectivity index (χ1) is 19.9. The second-order valence-corrected chi connectivity index (χ2v) is 10.8. The van der Waals surface area contributed by atoms with Crippen molar-refractivity contribution in [3.63, 3.8) is 0 Å². The summed E-state index contributed by atoms with van der Waals surface area (Å²) < 4.78 is 11.5. The molecule has 0 fully saturated rings. The Morgan fingerprint density at radius 2 is 1.68 bits per heavy atom. The fourth-order valence-electron chi connectivity index (χ4n) is 4.98. The third kappa shape index (κ3) is 6.99. The van der Waals surface area contributed by atoms with Crippen LogP contribution in [0.3, 0.4) is 0 Å². The van der Waals surface area contributed by atoms with Crippen molar-refractivity contribution < 1.29 is 19.4 Å². The van der Waals surface area contributed by atoms with E-state index in [4.69, 9.17) is 32.7 Å². The molecule has 5 rings (SSSR count). The van der Waals surface area contributed by atoms with Gasteiger partial charge in [-0.25, -0.2) is 4.79 Å². The molecule has 1 aromatic heterocycles. The van der Waals surface area contributed by atoms with Crippen molar-refractivity contribution >= 4 is 29.2 Å². The van der Waals surface area contributed by atoms with Crippen molar-refractivity contribution in [2.75, 3.05) is 13.2 Å². The number of benzene rings is 3. The van der Waals surface area contributed by atoms with Gasteiger partial charge in [-0.3, -0.25) is 4.90 Å². The Hall–Kier alpha value is -3.65. The van der Waals surface area contributed by atoms with Gasteiger partial charge in [0.2, 0.25) is 0 Å². The van der Waals surface area contributed by atoms with Crippen molar-refractivity contribution in [1.82, 2.24) is 15.1 Å². The predicted molar refractivity (Wildman–Crippen MR) is 160 cm³/mol. The second-order valence-electron chi connectivity index (χ2n) is 10.0. The zero-order valence-corrected chi connectivity index (χ0v) is 24.3. The number of carboxylic acids is 1. The molecule has 0 amide bonds. The Labute approximate surface area is 249 Å². The van der Waals surface area contributed by atoms with E-state index in [-0.39, 0.29) is 5.56 Å². The molecule has 0 saturated carbocycles. The molecule has 0 radical (unpaired) electrons. The number of nitrogens with zero attached hydrogens (tertiary/aromatic N) is 3. The van der Waals surface area contributed by atoms with E-state index in [0.717, 1.165) is 64.3 Å². The summed E-state index contributed by atoms with van der Waals surface area (Å²) in [6.45, 7) is 4.70. The maximum Gasteiger partial charge on any atom is 0.335 e. The lowest BCUT2D eigenvalue weighted by Crippen LogP contribution is -2.24. The summed E-state index contributed by atoms with van der Waals surface area (Å²) in [7, 11) is 0. The Balaban J connectivity index is 1.53. The van der Waals surface area contributed by atoms with Gasteiger partial charge in [-0.05, 0) is 53.8 Å². The molecule has 1 aliphatic heterocycles. The standard InChI is InChI=1S/C32H31Cl2N3O4/c1-2-3-9-25-26(31(34)36-35-30(25)22-7-5-4-6-8-22)20-37(19-24-12-11-23(32(38)39)17-27(24)33)18-21-10-13-28-29(16-21)41-15-14-40-28/h4-8,10-13,16-17H,2-3,9,14-15,18-20H2,1H3,(H,38,39). The summed E-state index contributed by atoms with van der Waals surface area (Å²) in [5, 5.41) is 19.0. The third-order valence-corrected chi connectivity index (χ3v) is 7.71. The van der Waals surface area contributed by atoms with Gasteiger partial charge in [-0.2, -0.15) is 0 Å². The topological polar surface area (TPSA) is 84.8 Å². The van der Waals surface area contributed by atoms with Crippen molar-refractivity contribution in [3.05, 3.63) is 105 Å². The van der Waals surface area contributed by atoms with Crippen LogP contribution in [-0.2, 0) is 26.1 Å². The summed E-state index contributed by atoms with van der Waals surface area (Å²) >= 11 is 13.4. The van der Waals surface area contributed by atoms with Crippen LogP contribution in [0.15, 0.2) is 66.7 Å². The summed E-state index contributed by atoms with van der Waals surface area (Å²) in [4.78, 5) is 13.7. The molecule has 2 heterocycles. The second kappa shape index (κ2) is 13.3. The fourth-order valence-corrected chi connectivity index (χ4v) is 5.43. The molecule has 0 spiro atoms. The van der Waals surface area contributed by atoms with Gasteiger partial charge >= 0.3 is 5.97 Å². The Bertz CT molecular complexity index is 1530. The number of rotatable bonds is 11. The maximum absolute atomic E-state index is 11.5. The highest BCUT2D eigenvalue weighted by Crippen LogP contribution is 2.34. The van der Waals surface area contributed by atoms with Crippen LogP contribution in [0.4, 0.5) is 0 Å². The van der Waals surface area contributed by atoms with Gasteiger partial charge in [0, 0.05) is 35.8 Å². The number of ether oxygens (including phenoxy) is 2. The predicted octanol–water partition coefficient (Wildman–Crippen LogP) is 7.46. The van der Waals surface area contributed by atoms with E-state index in [2.05, 4.69) is 22.0 Å². The van der Waals surface area contributed by atoms with Gasteiger partial charge < -0.3 is 14.6 Å². The minimum absolute atomic E-state index is 0.146. The minimum atomic E-state index is -1.02. The average Bonchev–Trinajstić information content (AvgIpc) is 2.98. The molecule has 1 aliphatic rings. The number of carbonyl (C=O) groups is 1. The summed E-state index contributed by atoms with van der Waals surface area (Å²) in [5.74, 6) is 0.431. The zero-order valence-electron chi connectivity index (χ0n) is 22.8. The lowest BCUT2D eigenvalue weighted by molar-refractivity contribution is 0.0697. The molecule has 7 nitrogen and oxygen atoms in total. The van der Waals surface area contributed by atoms with E-state index < -0.39 is 5.97 Å². The molecule has 0 bridgehead atoms. The minimum Gasteiger partial charge on any atom is -0.486 e. The molecular formula is C32H31Cl2N3O4. The lowest BCUT2D eigenvalue weighted by Gasteiger charge is -2.26. The van der Waals surface area contributed by atoms with Gasteiger partial charge in [0.05, 0.1) is 11.3 Å². The number of hydrogen-bond donors (Lipinski definition) is 1. The summed E-state index contributed by atoms with van der Waals surface area (Å²) in [6.07, 6.45) is 2.83. The van der Waals surface area contributed by atoms with E-state index >= 15 is 0 Å². The van der Waals surface area contributed by atoms with E-state index in [9.17, 15) is 9.90 Å². The summed E-state index contributed by atoms with van der Waals surface area (Å²) in [5.41, 5.74) is 5.82. The Morgan fingerprint density at radius 1 is 0.902 bits per heavy atom. The van der Waals surface area contributed by atoms with Crippen molar-refractivity contribution in [2.45, 2.75) is 45.8 Å². The first-order valence-electron chi connectivity index (χ1n) is 13.6. The molecule has 9 heteroatoms. The number of unbranched alkanes of at least 4 members (excludes halogenated alkanes) is 1. The highest BCUT2D eigenvalue weighted by atomic mass is 35.5. The van der Waals surface area contributed by atoms with E-state index in [1.165, 1.54) is 6.07 Å². The van der Waals surface area contributed by atoms with Crippen LogP contribution in [0.2, 0.25) is 10.2 Å². The number of aromatic carboxylic acids is 1. The molecule has 41 heavy (non-hydrogen) atoms. The van der Waals surface area contributed by atoms with Crippen LogP contribution in [-0.4, -0.2) is 39.4 Å². The van der Waals surface area contributed by atoms with Crippen molar-refractivity contribution in [3.8, 4) is 22.8 Å². The quantitative estimate of drug-likeness (QED) is 0.194. The molecule has 0 aliphatic carbocycles. The van der Waals surface area contributed by atoms with E-state index in [0.29, 0.717) is 43.0 Å². The Kier molecular flexibility index (Phi) is 9.39. The van der Waals surface area contributed by atoms with Gasteiger partial charge in [0.15, 0.2) is 16.7 Å². The van der Waals surface area contributed by atoms with Gasteiger partial charge in [-0.15, -0.1) is 10.2 Å². The van der Waals surface area contributed by atoms with Crippen molar-refractivity contribution in [2.24, 2.45) is 0 Å². The average molecular weight is 593 g/mol. The highest BCUT2D eigenvalue weighted by Gasteiger charge is 2.21. The zero-order chi connectivity index (χ0) is 28.8. The van der Waals surface area contributed by atoms with Crippen LogP contribution < -0.4 is 9.47 Å². The van der Waals surface area contributed by atoms with Crippen LogP contribution in [0, 0.1) is 0 Å². The number of aromatic nitrogens is 2. The van der Waals surface area contributed by atoms with Crippen LogP contribution in [0.25, 0.3) is 11.3 Å². The third-order valence-electron chi connectivity index (χ3n) is 7.05. The SMILES string of the molecule is CCCCc1c(-c2ccccc2)nnc(Cl)c1CN(Cc1ccc2c(c1)OCCO2)Cc1ccc(C(=O)O)cc1Cl. The number of halogens is 2. The maximum atomic E-state index is 11.5. The molecule has 3 aromatic carbocycles. The number of carboxylic acid groups (broad SMARTS) is 1. The van der Waals surface area contributed by atoms with E-state index in [1.807, 2.05) is 48.5 Å². The molecule has 4 aromatic rings. The molecule has 1 N–H and O–H groups in total. The molecular weight excluding hydrogens is 561 g/mol. The Morgan fingerprint density at radius 3 is 2.41 bits per heavy atom. The van der Waals surface area contributed by atoms with E-state index in [1.54, 1.807) is 12.1 Å². The fraction of sp³-hybridized carbons (Fsp3) is 0.281. The van der Waals surface area contributed by atoms with Crippen LogP contribution in [0.5, 0.6) is 11.5 Å². The highest BCUT2D eigenvalue weighted by molar-refractivity contribution is 6.31. The normalized spacial score (nSPS) is 12.5. The molecule has 0 unspecified atom stereocenters. The van der Waals surface area contributed by atoms with Gasteiger partial charge in [0.25, 0.3) is 0 Å². The van der Waals surface area contributed by atoms with Gasteiger partial charge in [0.1, 0.15) is 13.2 Å². The molecule has 0 saturated heterocycles. The number of hydrogen-bond acceptors (Lipinski definition) is 6. The summed E-state index contributed by atoms with van der Waals surface area (Å²) in [6, 6.07) is 20.8. The smallest absolute Gasteiger partial charge is 0.335 e. The number of fused-ring (bicyclic) bond motifs is 1. The first-order valence-corrected chi connectivity index (χ1v) is 14.4. The van der Waals surface area contributed by atoms with Crippen molar-refractivity contribution in [1.29, 1.82) is 0 Å². The molecule has 212 valence electrons. The lowest BCUT2D eigenvalue weighted by atomic mass is 9.97. The van der Waals surface area contributed by atoms with Gasteiger partial charge in [-0.1, -0.05) is 79.0 Å². The first kappa shape index (κ1) is 28.9. The monoisotopic (exact) mass is 591 g/mol.